The molecule has 1 aromatic carbocycles. The fraction of sp³-hybridized carbons (Fsp3) is 0.611. The molecule has 26 heavy (non-hydrogen) atoms. The number of hydrogen-bond acceptors (Lipinski definition) is 4. The average Bonchev–Trinajstić information content (AvgIpc) is 2.95. The number of carbonyl (C=O) groups is 1. The quantitative estimate of drug-likeness (QED) is 0.797. The molecule has 0 radical (unpaired) electrons. The molecule has 6 nitrogen and oxygen atoms in total. The van der Waals surface area contributed by atoms with Crippen LogP contribution in [0.1, 0.15) is 39.0 Å². The molecule has 1 heterocycles. The molecule has 2 fully saturated rings. The largest absolute Gasteiger partial charge is 0.375 e. The number of nitrogens with zero attached hydrogens (tertiary/aromatic N) is 1. The van der Waals surface area contributed by atoms with Crippen molar-refractivity contribution >= 4 is 38.9 Å². The van der Waals surface area contributed by atoms with E-state index in [0.29, 0.717) is 35.3 Å². The molecule has 3 rings (SSSR count). The maximum Gasteiger partial charge on any atom is 0.239 e. The highest BCUT2D eigenvalue weighted by molar-refractivity contribution is 7.93. The Balaban J connectivity index is 1.62. The highest BCUT2D eigenvalue weighted by Crippen LogP contribution is 2.31. The van der Waals surface area contributed by atoms with Gasteiger partial charge in [0.2, 0.25) is 15.9 Å². The van der Waals surface area contributed by atoms with Gasteiger partial charge < -0.3 is 10.6 Å². The van der Waals surface area contributed by atoms with Crippen molar-refractivity contribution < 1.29 is 13.2 Å². The van der Waals surface area contributed by atoms with Crippen LogP contribution >= 0.6 is 11.6 Å². The molecule has 2 atom stereocenters. The number of sulfonamides is 1. The van der Waals surface area contributed by atoms with Crippen LogP contribution < -0.4 is 14.9 Å². The van der Waals surface area contributed by atoms with E-state index in [1.54, 1.807) is 18.2 Å². The fourth-order valence-corrected chi connectivity index (χ4v) is 5.44. The third kappa shape index (κ3) is 4.43. The molecule has 0 spiro atoms. The van der Waals surface area contributed by atoms with Crippen LogP contribution in [0.25, 0.3) is 0 Å². The molecule has 0 aromatic heterocycles. The van der Waals surface area contributed by atoms with Gasteiger partial charge in [-0.3, -0.25) is 9.10 Å². The van der Waals surface area contributed by atoms with Crippen molar-refractivity contribution in [3.63, 3.8) is 0 Å². The lowest BCUT2D eigenvalue weighted by molar-refractivity contribution is -0.120. The molecular formula is C18H26ClN3O3S. The van der Waals surface area contributed by atoms with Gasteiger partial charge in [-0.2, -0.15) is 0 Å². The van der Waals surface area contributed by atoms with E-state index in [-0.39, 0.29) is 24.2 Å². The van der Waals surface area contributed by atoms with Gasteiger partial charge in [-0.05, 0) is 43.4 Å². The molecule has 1 saturated heterocycles. The number of hydrogen-bond donors (Lipinski definition) is 2. The summed E-state index contributed by atoms with van der Waals surface area (Å²) in [5.74, 6) is 0.597. The Morgan fingerprint density at radius 3 is 2.73 bits per heavy atom. The third-order valence-corrected chi connectivity index (χ3v) is 7.43. The van der Waals surface area contributed by atoms with Crippen LogP contribution in [0, 0.1) is 5.92 Å². The van der Waals surface area contributed by atoms with Gasteiger partial charge in [0.25, 0.3) is 0 Å². The van der Waals surface area contributed by atoms with E-state index in [4.69, 9.17) is 11.6 Å². The van der Waals surface area contributed by atoms with Crippen LogP contribution in [-0.4, -0.2) is 39.2 Å². The standard InChI is InChI=1S/C18H26ClN3O3S/c1-13-5-2-3-6-16(13)21-18(23)12-20-17-11-14(7-8-15(17)19)22-9-4-10-26(22,24)25/h7-8,11,13,16,20H,2-6,9-10,12H2,1H3,(H,21,23)/t13-,16-/m0/s1. The summed E-state index contributed by atoms with van der Waals surface area (Å²) in [5.41, 5.74) is 1.15. The Morgan fingerprint density at radius 1 is 1.27 bits per heavy atom. The minimum Gasteiger partial charge on any atom is -0.375 e. The molecular weight excluding hydrogens is 374 g/mol. The average molecular weight is 400 g/mol. The van der Waals surface area contributed by atoms with Crippen molar-refractivity contribution in [3.8, 4) is 0 Å². The van der Waals surface area contributed by atoms with E-state index >= 15 is 0 Å². The molecule has 1 aromatic rings. The lowest BCUT2D eigenvalue weighted by Crippen LogP contribution is -2.43. The molecule has 1 aliphatic carbocycles. The Kier molecular flexibility index (Phi) is 5.97. The summed E-state index contributed by atoms with van der Waals surface area (Å²) in [4.78, 5) is 12.3. The number of anilines is 2. The summed E-state index contributed by atoms with van der Waals surface area (Å²) >= 11 is 6.21. The molecule has 144 valence electrons. The Labute approximate surface area is 160 Å². The number of rotatable bonds is 5. The van der Waals surface area contributed by atoms with E-state index in [2.05, 4.69) is 17.6 Å². The number of benzene rings is 1. The van der Waals surface area contributed by atoms with Crippen molar-refractivity contribution in [1.82, 2.24) is 5.32 Å². The maximum atomic E-state index is 12.3. The first-order chi connectivity index (χ1) is 12.4. The summed E-state index contributed by atoms with van der Waals surface area (Å²) in [6, 6.07) is 5.28. The van der Waals surface area contributed by atoms with Gasteiger partial charge >= 0.3 is 0 Å². The zero-order valence-corrected chi connectivity index (χ0v) is 16.6. The highest BCUT2D eigenvalue weighted by atomic mass is 35.5. The van der Waals surface area contributed by atoms with Crippen molar-refractivity contribution in [1.29, 1.82) is 0 Å². The predicted octanol–water partition coefficient (Wildman–Crippen LogP) is 2.99. The number of nitrogens with one attached hydrogen (secondary N) is 2. The van der Waals surface area contributed by atoms with Crippen LogP contribution in [-0.2, 0) is 14.8 Å². The first kappa shape index (κ1) is 19.3. The number of halogens is 1. The van der Waals surface area contributed by atoms with Gasteiger partial charge in [-0.15, -0.1) is 0 Å². The maximum absolute atomic E-state index is 12.3. The van der Waals surface area contributed by atoms with E-state index in [0.717, 1.165) is 19.3 Å². The van der Waals surface area contributed by atoms with Crippen molar-refractivity contribution in [2.24, 2.45) is 5.92 Å². The van der Waals surface area contributed by atoms with Gasteiger partial charge in [0.1, 0.15) is 0 Å². The first-order valence-electron chi connectivity index (χ1n) is 9.20. The highest BCUT2D eigenvalue weighted by Gasteiger charge is 2.29. The van der Waals surface area contributed by atoms with Gasteiger partial charge in [0.15, 0.2) is 0 Å². The Morgan fingerprint density at radius 2 is 2.04 bits per heavy atom. The van der Waals surface area contributed by atoms with E-state index < -0.39 is 10.0 Å². The number of carbonyl (C=O) groups excluding carboxylic acids is 1. The molecule has 1 amide bonds. The van der Waals surface area contributed by atoms with Crippen LogP contribution in [0.4, 0.5) is 11.4 Å². The summed E-state index contributed by atoms with van der Waals surface area (Å²) in [5, 5.41) is 6.60. The number of amides is 1. The van der Waals surface area contributed by atoms with Crippen LogP contribution in [0.2, 0.25) is 5.02 Å². The summed E-state index contributed by atoms with van der Waals surface area (Å²) in [7, 11) is -3.24. The molecule has 2 aliphatic rings. The molecule has 8 heteroatoms. The second-order valence-electron chi connectivity index (χ2n) is 7.20. The molecule has 1 aliphatic heterocycles. The monoisotopic (exact) mass is 399 g/mol. The smallest absolute Gasteiger partial charge is 0.239 e. The van der Waals surface area contributed by atoms with Gasteiger partial charge in [-0.25, -0.2) is 8.42 Å². The predicted molar refractivity (Wildman–Crippen MR) is 105 cm³/mol. The summed E-state index contributed by atoms with van der Waals surface area (Å²) in [6.45, 7) is 2.76. The zero-order chi connectivity index (χ0) is 18.7. The zero-order valence-electron chi connectivity index (χ0n) is 15.0. The Hall–Kier alpha value is -1.47. The summed E-state index contributed by atoms with van der Waals surface area (Å²) in [6.07, 6.45) is 5.18. The normalized spacial score (nSPS) is 25.1. The fourth-order valence-electron chi connectivity index (χ4n) is 3.70. The Bertz CT molecular complexity index is 769. The van der Waals surface area contributed by atoms with Crippen LogP contribution in [0.15, 0.2) is 18.2 Å². The van der Waals surface area contributed by atoms with Crippen molar-refractivity contribution in [2.75, 3.05) is 28.5 Å². The minimum atomic E-state index is -3.24. The third-order valence-electron chi connectivity index (χ3n) is 5.23. The molecule has 2 N–H and O–H groups in total. The van der Waals surface area contributed by atoms with Crippen LogP contribution in [0.3, 0.4) is 0 Å². The first-order valence-corrected chi connectivity index (χ1v) is 11.2. The SMILES string of the molecule is C[C@H]1CCCC[C@@H]1NC(=O)CNc1cc(N2CCCS2(=O)=O)ccc1Cl. The molecule has 0 unspecified atom stereocenters. The van der Waals surface area contributed by atoms with Gasteiger partial charge in [0.05, 0.1) is 28.7 Å². The van der Waals surface area contributed by atoms with E-state index in [1.807, 2.05) is 0 Å². The van der Waals surface area contributed by atoms with Crippen molar-refractivity contribution in [2.45, 2.75) is 45.1 Å². The molecule has 1 saturated carbocycles. The van der Waals surface area contributed by atoms with Crippen LogP contribution in [0.5, 0.6) is 0 Å². The van der Waals surface area contributed by atoms with E-state index in [1.165, 1.54) is 10.7 Å². The minimum absolute atomic E-state index is 0.0704. The lowest BCUT2D eigenvalue weighted by Gasteiger charge is -2.29. The van der Waals surface area contributed by atoms with Gasteiger partial charge in [0, 0.05) is 12.6 Å². The van der Waals surface area contributed by atoms with Gasteiger partial charge in [-0.1, -0.05) is 31.4 Å². The topological polar surface area (TPSA) is 78.5 Å². The lowest BCUT2D eigenvalue weighted by atomic mass is 9.86. The second kappa shape index (κ2) is 8.05. The van der Waals surface area contributed by atoms with E-state index in [9.17, 15) is 13.2 Å². The summed E-state index contributed by atoms with van der Waals surface area (Å²) < 4.78 is 25.6. The van der Waals surface area contributed by atoms with Crippen molar-refractivity contribution in [3.05, 3.63) is 23.2 Å². The molecule has 0 bridgehead atoms. The second-order valence-corrected chi connectivity index (χ2v) is 9.62.